The highest BCUT2D eigenvalue weighted by Crippen LogP contribution is 2.47. The average Bonchev–Trinajstić information content (AvgIpc) is 3.17. The second-order valence-electron chi connectivity index (χ2n) is 14.2. The molecule has 51 heavy (non-hydrogen) atoms. The van der Waals surface area contributed by atoms with Crippen molar-refractivity contribution < 1.29 is 18.2 Å². The monoisotopic (exact) mass is 695 g/mol. The molecule has 5 heteroatoms. The molecule has 0 heterocycles. The SMILES string of the molecule is CCCC[N+](CCCC)(CCCC)CCCC.O=[Si]([O-])Oc1cc2c3ccccc3c3ccccc3c2c2c3ccccc3c3ccccc3c12. The lowest BCUT2D eigenvalue weighted by molar-refractivity contribution is -0.929. The van der Waals surface area contributed by atoms with Crippen molar-refractivity contribution in [1.82, 2.24) is 0 Å². The van der Waals surface area contributed by atoms with Gasteiger partial charge in [0.1, 0.15) is 0 Å². The van der Waals surface area contributed by atoms with Crippen molar-refractivity contribution in [2.45, 2.75) is 79.1 Å². The topological polar surface area (TPSA) is 49.4 Å². The maximum atomic E-state index is 11.9. The number of nitrogens with zero attached hydrogens (tertiary/aromatic N) is 1. The minimum absolute atomic E-state index is 0.378. The summed E-state index contributed by atoms with van der Waals surface area (Å²) in [6, 6.07) is 35.1. The van der Waals surface area contributed by atoms with E-state index in [-0.39, 0.29) is 0 Å². The fourth-order valence-electron chi connectivity index (χ4n) is 8.26. The van der Waals surface area contributed by atoms with Crippen molar-refractivity contribution >= 4 is 73.8 Å². The fourth-order valence-corrected chi connectivity index (χ4v) is 8.60. The maximum Gasteiger partial charge on any atom is 0.418 e. The van der Waals surface area contributed by atoms with Crippen LogP contribution in [0.2, 0.25) is 0 Å². The number of benzene rings is 7. The molecule has 0 aromatic heterocycles. The van der Waals surface area contributed by atoms with Gasteiger partial charge in [-0.2, -0.15) is 0 Å². The number of hydrogen-bond donors (Lipinski definition) is 0. The summed E-state index contributed by atoms with van der Waals surface area (Å²) in [5, 5.41) is 12.8. The van der Waals surface area contributed by atoms with Gasteiger partial charge in [0.15, 0.2) is 0 Å². The lowest BCUT2D eigenvalue weighted by Gasteiger charge is -2.39. The van der Waals surface area contributed by atoms with Crippen LogP contribution >= 0.6 is 0 Å². The highest BCUT2D eigenvalue weighted by Gasteiger charge is 2.25. The van der Waals surface area contributed by atoms with E-state index in [0.717, 1.165) is 59.2 Å². The van der Waals surface area contributed by atoms with Crippen molar-refractivity contribution in [1.29, 1.82) is 0 Å². The highest BCUT2D eigenvalue weighted by molar-refractivity contribution is 6.40. The Balaban J connectivity index is 0.000000226. The quantitative estimate of drug-likeness (QED) is 0.0646. The smallest absolute Gasteiger partial charge is 0.418 e. The molecule has 264 valence electrons. The Bertz CT molecular complexity index is 2260. The van der Waals surface area contributed by atoms with Crippen LogP contribution in [0, 0.1) is 0 Å². The summed E-state index contributed by atoms with van der Waals surface area (Å²) < 4.78 is 18.8. The van der Waals surface area contributed by atoms with Crippen LogP contribution in [0.15, 0.2) is 103 Å². The first-order valence-electron chi connectivity index (χ1n) is 19.3. The molecule has 4 nitrogen and oxygen atoms in total. The molecule has 0 aliphatic carbocycles. The van der Waals surface area contributed by atoms with Crippen molar-refractivity contribution in [2.24, 2.45) is 0 Å². The predicted octanol–water partition coefficient (Wildman–Crippen LogP) is 11.8. The highest BCUT2D eigenvalue weighted by atomic mass is 28.3. The first kappa shape index (κ1) is 36.5. The maximum absolute atomic E-state index is 11.9. The molecule has 0 fully saturated rings. The zero-order valence-corrected chi connectivity index (χ0v) is 32.0. The van der Waals surface area contributed by atoms with Crippen molar-refractivity contribution in [3.05, 3.63) is 103 Å². The van der Waals surface area contributed by atoms with Crippen molar-refractivity contribution in [3.8, 4) is 5.75 Å². The van der Waals surface area contributed by atoms with Crippen LogP contribution in [-0.4, -0.2) is 39.8 Å². The molecule has 7 rings (SSSR count). The minimum atomic E-state index is -3.46. The van der Waals surface area contributed by atoms with Gasteiger partial charge in [0.2, 0.25) is 0 Å². The summed E-state index contributed by atoms with van der Waals surface area (Å²) in [4.78, 5) is 11.9. The van der Waals surface area contributed by atoms with Crippen LogP contribution in [0.5, 0.6) is 5.75 Å². The Morgan fingerprint density at radius 1 is 0.471 bits per heavy atom. The molecule has 0 aliphatic rings. The third-order valence-electron chi connectivity index (χ3n) is 10.8. The summed E-state index contributed by atoms with van der Waals surface area (Å²) in [5.41, 5.74) is 0. The zero-order valence-electron chi connectivity index (χ0n) is 31.0. The normalized spacial score (nSPS) is 11.8. The van der Waals surface area contributed by atoms with Gasteiger partial charge < -0.3 is 18.2 Å². The summed E-state index contributed by atoms with van der Waals surface area (Å²) in [5.74, 6) is 0.378. The van der Waals surface area contributed by atoms with E-state index in [0.29, 0.717) is 5.75 Å². The average molecular weight is 696 g/mol. The Hall–Kier alpha value is -4.32. The lowest BCUT2D eigenvalue weighted by Crippen LogP contribution is -2.50. The Labute approximate surface area is 305 Å². The molecule has 0 aliphatic heterocycles. The molecule has 0 saturated heterocycles. The van der Waals surface area contributed by atoms with Crippen LogP contribution in [-0.2, 0) is 4.46 Å². The van der Waals surface area contributed by atoms with Gasteiger partial charge in [-0.25, -0.2) is 0 Å². The molecule has 0 spiro atoms. The van der Waals surface area contributed by atoms with Crippen LogP contribution in [0.25, 0.3) is 64.6 Å². The Morgan fingerprint density at radius 2 is 0.784 bits per heavy atom. The van der Waals surface area contributed by atoms with Crippen LogP contribution in [0.3, 0.4) is 0 Å². The number of fused-ring (bicyclic) bond motifs is 13. The van der Waals surface area contributed by atoms with Gasteiger partial charge in [0.05, 0.1) is 26.2 Å². The van der Waals surface area contributed by atoms with Crippen LogP contribution in [0.1, 0.15) is 79.1 Å². The van der Waals surface area contributed by atoms with Crippen LogP contribution in [0.4, 0.5) is 0 Å². The van der Waals surface area contributed by atoms with E-state index in [1.165, 1.54) is 87.4 Å². The van der Waals surface area contributed by atoms with Gasteiger partial charge >= 0.3 is 9.17 Å². The Morgan fingerprint density at radius 3 is 1.16 bits per heavy atom. The molecule has 0 radical (unpaired) electrons. The van der Waals surface area contributed by atoms with E-state index < -0.39 is 9.17 Å². The van der Waals surface area contributed by atoms with E-state index in [4.69, 9.17) is 4.43 Å². The fraction of sp³-hybridized carbons (Fsp3) is 0.348. The summed E-state index contributed by atoms with van der Waals surface area (Å²) >= 11 is 0. The van der Waals surface area contributed by atoms with Gasteiger partial charge in [0.25, 0.3) is 0 Å². The molecule has 7 aromatic carbocycles. The first-order valence-corrected chi connectivity index (χ1v) is 20.5. The second kappa shape index (κ2) is 16.8. The summed E-state index contributed by atoms with van der Waals surface area (Å²) in [6.07, 6.45) is 11.1. The zero-order chi connectivity index (χ0) is 35.8. The van der Waals surface area contributed by atoms with E-state index in [2.05, 4.69) is 82.3 Å². The predicted molar refractivity (Wildman–Crippen MR) is 218 cm³/mol. The first-order chi connectivity index (χ1) is 25.0. The molecule has 0 saturated carbocycles. The lowest BCUT2D eigenvalue weighted by atomic mass is 9.86. The number of quaternary nitrogens is 1. The van der Waals surface area contributed by atoms with Crippen LogP contribution < -0.4 is 9.22 Å². The molecular weight excluding hydrogens is 643 g/mol. The molecule has 7 aromatic rings. The minimum Gasteiger partial charge on any atom is -0.554 e. The third kappa shape index (κ3) is 7.52. The van der Waals surface area contributed by atoms with Gasteiger partial charge in [-0.05, 0) is 85.6 Å². The molecule has 0 amide bonds. The van der Waals surface area contributed by atoms with Gasteiger partial charge in [-0.1, -0.05) is 150 Å². The number of unbranched alkanes of at least 4 members (excludes halogenated alkanes) is 4. The third-order valence-corrected chi connectivity index (χ3v) is 11.2. The molecule has 0 atom stereocenters. The van der Waals surface area contributed by atoms with E-state index in [1.54, 1.807) is 0 Å². The van der Waals surface area contributed by atoms with E-state index in [9.17, 15) is 9.26 Å². The van der Waals surface area contributed by atoms with Gasteiger partial charge in [0, 0.05) is 16.5 Å². The Kier molecular flexibility index (Phi) is 12.0. The van der Waals surface area contributed by atoms with Crippen molar-refractivity contribution in [3.63, 3.8) is 0 Å². The van der Waals surface area contributed by atoms with Crippen molar-refractivity contribution in [2.75, 3.05) is 26.2 Å². The van der Waals surface area contributed by atoms with Gasteiger partial charge in [-0.3, -0.25) is 0 Å². The standard InChI is InChI=1S/C30H17O3Si.C16H36N/c31-34(32)33-27-17-26-22-13-2-1-9-18(22)19-10-3-6-14-23(19)28(26)30-25-16-8-5-12-21(25)20-11-4-7-15-24(20)29(27)30;1-5-9-13-17(14-10-6-2,15-11-7-3)16-12-8-4/h1-17H;5-16H2,1-4H3/q-1;+1. The second-order valence-corrected chi connectivity index (χ2v) is 14.9. The molecule has 0 unspecified atom stereocenters. The van der Waals surface area contributed by atoms with E-state index >= 15 is 0 Å². The largest absolute Gasteiger partial charge is 0.554 e. The summed E-state index contributed by atoms with van der Waals surface area (Å²) in [6.45, 7) is 15.0. The molecular formula is C46H53NO3Si. The number of hydrogen-bond acceptors (Lipinski definition) is 3. The molecule has 0 bridgehead atoms. The summed E-state index contributed by atoms with van der Waals surface area (Å²) in [7, 11) is -3.46. The van der Waals surface area contributed by atoms with Gasteiger partial charge in [-0.15, -0.1) is 0 Å². The molecule has 0 N–H and O–H groups in total. The number of rotatable bonds is 14. The van der Waals surface area contributed by atoms with E-state index in [1.807, 2.05) is 48.5 Å².